The molecule has 1 aliphatic heterocycles. The van der Waals surface area contributed by atoms with Crippen molar-refractivity contribution in [3.63, 3.8) is 0 Å². The van der Waals surface area contributed by atoms with Crippen LogP contribution in [-0.2, 0) is 6.42 Å². The zero-order valence-corrected chi connectivity index (χ0v) is 26.5. The van der Waals surface area contributed by atoms with Gasteiger partial charge in [-0.25, -0.2) is 0 Å². The van der Waals surface area contributed by atoms with Crippen LogP contribution in [0, 0.1) is 13.8 Å². The Balaban J connectivity index is 1.56. The number of amides is 1. The fourth-order valence-electron chi connectivity index (χ4n) is 6.06. The summed E-state index contributed by atoms with van der Waals surface area (Å²) in [4.78, 5) is 29.9. The summed E-state index contributed by atoms with van der Waals surface area (Å²) >= 11 is 0. The van der Waals surface area contributed by atoms with E-state index in [0.29, 0.717) is 59.1 Å². The molecule has 0 spiro atoms. The molecule has 1 aliphatic rings. The number of rotatable bonds is 13. The van der Waals surface area contributed by atoms with E-state index in [-0.39, 0.29) is 17.1 Å². The molecule has 44 heavy (non-hydrogen) atoms. The summed E-state index contributed by atoms with van der Waals surface area (Å²) in [6.45, 7) is 6.95. The smallest absolute Gasteiger partial charge is 0.290 e. The van der Waals surface area contributed by atoms with E-state index in [1.807, 2.05) is 62.4 Å². The van der Waals surface area contributed by atoms with E-state index in [1.165, 1.54) is 6.42 Å². The van der Waals surface area contributed by atoms with Gasteiger partial charge in [-0.3, -0.25) is 9.59 Å². The first-order valence-corrected chi connectivity index (χ1v) is 15.2. The van der Waals surface area contributed by atoms with Crippen LogP contribution >= 0.6 is 0 Å². The topological polar surface area (TPSA) is 87.4 Å². The molecular formula is C36H41NO7. The lowest BCUT2D eigenvalue weighted by molar-refractivity contribution is 0.0729. The number of carbonyl (C=O) groups is 1. The van der Waals surface area contributed by atoms with Gasteiger partial charge >= 0.3 is 0 Å². The third-order valence-corrected chi connectivity index (χ3v) is 8.26. The first-order chi connectivity index (χ1) is 21.3. The first-order valence-electron chi connectivity index (χ1n) is 15.2. The van der Waals surface area contributed by atoms with Gasteiger partial charge in [0.25, 0.3) is 5.91 Å². The minimum absolute atomic E-state index is 0.0834. The molecule has 4 aromatic rings. The Hall–Kier alpha value is -4.46. The van der Waals surface area contributed by atoms with E-state index in [2.05, 4.69) is 6.92 Å². The minimum Gasteiger partial charge on any atom is -0.493 e. The molecule has 1 amide bonds. The van der Waals surface area contributed by atoms with Crippen LogP contribution in [0.15, 0.2) is 57.7 Å². The fourth-order valence-corrected chi connectivity index (χ4v) is 6.06. The van der Waals surface area contributed by atoms with E-state index < -0.39 is 6.04 Å². The second kappa shape index (κ2) is 13.5. The lowest BCUT2D eigenvalue weighted by atomic mass is 9.96. The number of hydrogen-bond donors (Lipinski definition) is 0. The van der Waals surface area contributed by atoms with Crippen molar-refractivity contribution >= 4 is 16.9 Å². The van der Waals surface area contributed by atoms with Gasteiger partial charge in [-0.15, -0.1) is 0 Å². The molecule has 0 radical (unpaired) electrons. The third kappa shape index (κ3) is 5.98. The largest absolute Gasteiger partial charge is 0.493 e. The van der Waals surface area contributed by atoms with Gasteiger partial charge in [0.15, 0.2) is 28.4 Å². The Morgan fingerprint density at radius 2 is 1.55 bits per heavy atom. The molecule has 8 nitrogen and oxygen atoms in total. The van der Waals surface area contributed by atoms with Crippen LogP contribution in [0.5, 0.6) is 23.0 Å². The predicted molar refractivity (Wildman–Crippen MR) is 171 cm³/mol. The van der Waals surface area contributed by atoms with Gasteiger partial charge in [-0.1, -0.05) is 44.4 Å². The number of methoxy groups -OCH3 is 3. The van der Waals surface area contributed by atoms with Crippen LogP contribution in [0.2, 0.25) is 0 Å². The highest BCUT2D eigenvalue weighted by Crippen LogP contribution is 2.41. The summed E-state index contributed by atoms with van der Waals surface area (Å²) in [7, 11) is 4.78. The van der Waals surface area contributed by atoms with Crippen LogP contribution in [0.1, 0.15) is 77.0 Å². The summed E-state index contributed by atoms with van der Waals surface area (Å²) in [5, 5.41) is 0.493. The Bertz CT molecular complexity index is 1720. The third-order valence-electron chi connectivity index (χ3n) is 8.26. The zero-order chi connectivity index (χ0) is 31.4. The summed E-state index contributed by atoms with van der Waals surface area (Å²) < 4.78 is 28.9. The summed E-state index contributed by atoms with van der Waals surface area (Å²) in [6.07, 6.45) is 4.92. The predicted octanol–water partition coefficient (Wildman–Crippen LogP) is 7.18. The Morgan fingerprint density at radius 1 is 0.818 bits per heavy atom. The zero-order valence-electron chi connectivity index (χ0n) is 26.5. The Morgan fingerprint density at radius 3 is 2.27 bits per heavy atom. The lowest BCUT2D eigenvalue weighted by Gasteiger charge is -2.26. The molecule has 232 valence electrons. The van der Waals surface area contributed by atoms with Crippen molar-refractivity contribution in [3.8, 4) is 23.0 Å². The number of unbranched alkanes of at least 4 members (excludes halogenated alkanes) is 3. The second-order valence-electron chi connectivity index (χ2n) is 11.3. The maximum Gasteiger partial charge on any atom is 0.290 e. The van der Waals surface area contributed by atoms with E-state index >= 15 is 0 Å². The molecule has 8 heteroatoms. The van der Waals surface area contributed by atoms with Crippen LogP contribution in [0.4, 0.5) is 0 Å². The molecule has 1 unspecified atom stereocenters. The van der Waals surface area contributed by atoms with Crippen LogP contribution in [0.3, 0.4) is 0 Å². The van der Waals surface area contributed by atoms with Crippen LogP contribution in [0.25, 0.3) is 11.0 Å². The average molecular weight is 600 g/mol. The van der Waals surface area contributed by atoms with E-state index in [0.717, 1.165) is 41.5 Å². The van der Waals surface area contributed by atoms with Crippen molar-refractivity contribution in [2.45, 2.75) is 58.9 Å². The van der Waals surface area contributed by atoms with Gasteiger partial charge in [0.05, 0.1) is 44.9 Å². The molecule has 3 aromatic carbocycles. The number of nitrogens with zero attached hydrogens (tertiary/aromatic N) is 1. The molecule has 0 saturated carbocycles. The van der Waals surface area contributed by atoms with Gasteiger partial charge in [0, 0.05) is 6.54 Å². The molecule has 1 aromatic heterocycles. The standard InChI is InChI=1S/C36H41NO7/c1-7-8-9-10-17-43-27-14-12-25(21-29(27)42-6)33-32-34(38)31-23(3)18-22(2)19-30(31)44-35(32)36(39)37(33)16-15-24-11-13-26(40-4)28(20-24)41-5/h11-14,18-21,33H,7-10,15-17H2,1-6H3. The molecule has 2 heterocycles. The van der Waals surface area contributed by atoms with Crippen LogP contribution in [-0.4, -0.2) is 45.3 Å². The van der Waals surface area contributed by atoms with Gasteiger partial charge in [0.2, 0.25) is 5.76 Å². The SMILES string of the molecule is CCCCCCOc1ccc(C2c3c(oc4cc(C)cc(C)c4c3=O)C(=O)N2CCc2ccc(OC)c(OC)c2)cc1OC. The van der Waals surface area contributed by atoms with Crippen molar-refractivity contribution < 1.29 is 28.2 Å². The average Bonchev–Trinajstić information content (AvgIpc) is 3.30. The van der Waals surface area contributed by atoms with E-state index in [9.17, 15) is 9.59 Å². The molecule has 0 aliphatic carbocycles. The number of aryl methyl sites for hydroxylation is 2. The van der Waals surface area contributed by atoms with Gasteiger partial charge in [0.1, 0.15) is 5.58 Å². The normalized spacial score (nSPS) is 14.2. The minimum atomic E-state index is -0.661. The summed E-state index contributed by atoms with van der Waals surface area (Å²) in [6, 6.07) is 14.4. The maximum absolute atomic E-state index is 14.2. The number of hydrogen-bond acceptors (Lipinski definition) is 7. The number of fused-ring (bicyclic) bond motifs is 2. The number of ether oxygens (including phenoxy) is 4. The highest BCUT2D eigenvalue weighted by molar-refractivity contribution is 5.99. The summed E-state index contributed by atoms with van der Waals surface area (Å²) in [5.41, 5.74) is 4.06. The highest BCUT2D eigenvalue weighted by Gasteiger charge is 2.43. The van der Waals surface area contributed by atoms with Crippen LogP contribution < -0.4 is 24.4 Å². The highest BCUT2D eigenvalue weighted by atomic mass is 16.5. The first kappa shape index (κ1) is 31.0. The van der Waals surface area contributed by atoms with Crippen molar-refractivity contribution in [3.05, 3.63) is 92.3 Å². The van der Waals surface area contributed by atoms with Crippen molar-refractivity contribution in [1.29, 1.82) is 0 Å². The monoisotopic (exact) mass is 599 g/mol. The number of carbonyl (C=O) groups excluding carboxylic acids is 1. The molecule has 0 fully saturated rings. The number of benzene rings is 3. The van der Waals surface area contributed by atoms with Gasteiger partial charge < -0.3 is 28.3 Å². The Labute approximate surface area is 258 Å². The van der Waals surface area contributed by atoms with E-state index in [4.69, 9.17) is 23.4 Å². The van der Waals surface area contributed by atoms with E-state index in [1.54, 1.807) is 26.2 Å². The lowest BCUT2D eigenvalue weighted by Crippen LogP contribution is -2.31. The van der Waals surface area contributed by atoms with Crippen molar-refractivity contribution in [1.82, 2.24) is 4.90 Å². The summed E-state index contributed by atoms with van der Waals surface area (Å²) in [5.74, 6) is 2.19. The molecule has 0 N–H and O–H groups in total. The van der Waals surface area contributed by atoms with Crippen molar-refractivity contribution in [2.75, 3.05) is 34.5 Å². The van der Waals surface area contributed by atoms with Crippen molar-refractivity contribution in [2.24, 2.45) is 0 Å². The maximum atomic E-state index is 14.2. The molecule has 0 saturated heterocycles. The quantitative estimate of drug-likeness (QED) is 0.150. The van der Waals surface area contributed by atoms with Gasteiger partial charge in [-0.2, -0.15) is 0 Å². The second-order valence-corrected chi connectivity index (χ2v) is 11.3. The molecule has 1 atom stereocenters. The molecule has 0 bridgehead atoms. The Kier molecular flexibility index (Phi) is 9.47. The molecule has 5 rings (SSSR count). The van der Waals surface area contributed by atoms with Gasteiger partial charge in [-0.05, 0) is 79.3 Å². The molecular weight excluding hydrogens is 558 g/mol. The fraction of sp³-hybridized carbons (Fsp3) is 0.389.